The van der Waals surface area contributed by atoms with Crippen molar-refractivity contribution in [3.05, 3.63) is 24.2 Å². The third-order valence-electron chi connectivity index (χ3n) is 2.96. The highest BCUT2D eigenvalue weighted by Crippen LogP contribution is 2.20. The first-order chi connectivity index (χ1) is 8.20. The van der Waals surface area contributed by atoms with Crippen LogP contribution in [-0.4, -0.2) is 30.4 Å². The number of piperidine rings is 1. The topological polar surface area (TPSA) is 59.8 Å². The number of amides is 1. The van der Waals surface area contributed by atoms with Crippen molar-refractivity contribution in [2.75, 3.05) is 13.7 Å². The molecule has 0 radical (unpaired) electrons. The predicted octanol–water partition coefficient (Wildman–Crippen LogP) is 1.19. The molecule has 0 bridgehead atoms. The number of carbonyl (C=O) groups excluding carboxylic acids is 2. The van der Waals surface area contributed by atoms with Gasteiger partial charge in [-0.2, -0.15) is 0 Å². The van der Waals surface area contributed by atoms with Crippen molar-refractivity contribution < 1.29 is 18.7 Å². The van der Waals surface area contributed by atoms with Crippen LogP contribution in [0, 0.1) is 5.92 Å². The van der Waals surface area contributed by atoms with E-state index in [1.54, 1.807) is 17.2 Å². The first kappa shape index (κ1) is 11.7. The normalized spacial score (nSPS) is 20.4. The maximum atomic E-state index is 11.7. The van der Waals surface area contributed by atoms with Crippen LogP contribution in [0.1, 0.15) is 18.6 Å². The Morgan fingerprint density at radius 2 is 2.47 bits per heavy atom. The van der Waals surface area contributed by atoms with E-state index in [4.69, 9.17) is 9.15 Å². The highest BCUT2D eigenvalue weighted by molar-refractivity contribution is 5.81. The highest BCUT2D eigenvalue weighted by atomic mass is 16.5. The Morgan fingerprint density at radius 3 is 3.12 bits per heavy atom. The first-order valence-corrected chi connectivity index (χ1v) is 5.58. The average Bonchev–Trinajstić information content (AvgIpc) is 2.84. The second-order valence-corrected chi connectivity index (χ2v) is 4.11. The summed E-state index contributed by atoms with van der Waals surface area (Å²) in [5.74, 6) is 0.319. The van der Waals surface area contributed by atoms with Gasteiger partial charge in [-0.1, -0.05) is 0 Å². The van der Waals surface area contributed by atoms with Crippen LogP contribution in [0.2, 0.25) is 0 Å². The fourth-order valence-corrected chi connectivity index (χ4v) is 2.02. The van der Waals surface area contributed by atoms with Gasteiger partial charge in [-0.3, -0.25) is 9.59 Å². The van der Waals surface area contributed by atoms with Crippen molar-refractivity contribution in [1.29, 1.82) is 0 Å². The molecule has 1 aromatic rings. The summed E-state index contributed by atoms with van der Waals surface area (Å²) in [6.45, 7) is 0.825. The zero-order valence-corrected chi connectivity index (χ0v) is 9.72. The Balaban J connectivity index is 2.00. The van der Waals surface area contributed by atoms with Crippen LogP contribution in [0.4, 0.5) is 0 Å². The van der Waals surface area contributed by atoms with E-state index in [1.165, 1.54) is 7.11 Å². The number of esters is 1. The SMILES string of the molecule is COC(=O)[C@@H]1CCC(=O)N(Cc2ccco2)C1. The molecule has 92 valence electrons. The van der Waals surface area contributed by atoms with Crippen LogP contribution in [-0.2, 0) is 20.9 Å². The molecule has 1 atom stereocenters. The molecule has 1 aliphatic rings. The molecule has 0 aliphatic carbocycles. The molecule has 0 unspecified atom stereocenters. The molecular formula is C12H15NO4. The van der Waals surface area contributed by atoms with E-state index in [-0.39, 0.29) is 17.8 Å². The molecule has 1 aromatic heterocycles. The number of nitrogens with zero attached hydrogens (tertiary/aromatic N) is 1. The number of carbonyl (C=O) groups is 2. The number of furan rings is 1. The third kappa shape index (κ3) is 2.67. The molecule has 1 amide bonds. The highest BCUT2D eigenvalue weighted by Gasteiger charge is 2.31. The van der Waals surface area contributed by atoms with Gasteiger partial charge in [-0.05, 0) is 18.6 Å². The van der Waals surface area contributed by atoms with E-state index in [9.17, 15) is 9.59 Å². The number of methoxy groups -OCH3 is 1. The number of rotatable bonds is 3. The molecule has 2 rings (SSSR count). The van der Waals surface area contributed by atoms with Gasteiger partial charge in [0.05, 0.1) is 25.8 Å². The lowest BCUT2D eigenvalue weighted by Gasteiger charge is -2.30. The summed E-state index contributed by atoms with van der Waals surface area (Å²) in [4.78, 5) is 24.8. The Labute approximate surface area is 99.3 Å². The van der Waals surface area contributed by atoms with E-state index in [0.29, 0.717) is 25.9 Å². The molecule has 1 aliphatic heterocycles. The van der Waals surface area contributed by atoms with E-state index in [2.05, 4.69) is 0 Å². The van der Waals surface area contributed by atoms with E-state index in [1.807, 2.05) is 6.07 Å². The van der Waals surface area contributed by atoms with Gasteiger partial charge in [0, 0.05) is 13.0 Å². The number of ether oxygens (including phenoxy) is 1. The summed E-state index contributed by atoms with van der Waals surface area (Å²) in [6, 6.07) is 3.59. The molecule has 17 heavy (non-hydrogen) atoms. The summed E-state index contributed by atoms with van der Waals surface area (Å²) in [6.07, 6.45) is 2.53. The summed E-state index contributed by atoms with van der Waals surface area (Å²) in [7, 11) is 1.37. The molecule has 2 heterocycles. The van der Waals surface area contributed by atoms with Crippen molar-refractivity contribution >= 4 is 11.9 Å². The molecule has 1 saturated heterocycles. The Kier molecular flexibility index (Phi) is 3.46. The summed E-state index contributed by atoms with van der Waals surface area (Å²) < 4.78 is 9.90. The predicted molar refractivity (Wildman–Crippen MR) is 58.9 cm³/mol. The van der Waals surface area contributed by atoms with E-state index < -0.39 is 0 Å². The maximum absolute atomic E-state index is 11.7. The molecule has 1 fully saturated rings. The van der Waals surface area contributed by atoms with Crippen LogP contribution in [0.3, 0.4) is 0 Å². The van der Waals surface area contributed by atoms with Gasteiger partial charge in [-0.25, -0.2) is 0 Å². The van der Waals surface area contributed by atoms with Gasteiger partial charge >= 0.3 is 5.97 Å². The van der Waals surface area contributed by atoms with Gasteiger partial charge in [0.25, 0.3) is 0 Å². The van der Waals surface area contributed by atoms with Crippen molar-refractivity contribution in [3.8, 4) is 0 Å². The van der Waals surface area contributed by atoms with Crippen LogP contribution in [0.15, 0.2) is 22.8 Å². The minimum Gasteiger partial charge on any atom is -0.469 e. The van der Waals surface area contributed by atoms with Crippen LogP contribution in [0.5, 0.6) is 0 Å². The Hall–Kier alpha value is -1.78. The lowest BCUT2D eigenvalue weighted by Crippen LogP contribution is -2.42. The van der Waals surface area contributed by atoms with Crippen LogP contribution >= 0.6 is 0 Å². The maximum Gasteiger partial charge on any atom is 0.310 e. The van der Waals surface area contributed by atoms with Gasteiger partial charge in [-0.15, -0.1) is 0 Å². The standard InChI is InChI=1S/C12H15NO4/c1-16-12(15)9-4-5-11(14)13(7-9)8-10-3-2-6-17-10/h2-3,6,9H,4-5,7-8H2,1H3/t9-/m1/s1. The van der Waals surface area contributed by atoms with Crippen LogP contribution < -0.4 is 0 Å². The second-order valence-electron chi connectivity index (χ2n) is 4.11. The average molecular weight is 237 g/mol. The number of likely N-dealkylation sites (tertiary alicyclic amines) is 1. The smallest absolute Gasteiger partial charge is 0.310 e. The summed E-state index contributed by atoms with van der Waals surface area (Å²) >= 11 is 0. The molecule has 5 nitrogen and oxygen atoms in total. The Bertz CT molecular complexity index is 399. The second kappa shape index (κ2) is 5.03. The summed E-state index contributed by atoms with van der Waals surface area (Å²) in [5.41, 5.74) is 0. The molecule has 0 spiro atoms. The van der Waals surface area contributed by atoms with Gasteiger partial charge in [0.15, 0.2) is 0 Å². The van der Waals surface area contributed by atoms with Crippen molar-refractivity contribution in [1.82, 2.24) is 4.90 Å². The van der Waals surface area contributed by atoms with Crippen molar-refractivity contribution in [2.24, 2.45) is 5.92 Å². The van der Waals surface area contributed by atoms with Crippen molar-refractivity contribution in [3.63, 3.8) is 0 Å². The fourth-order valence-electron chi connectivity index (χ4n) is 2.02. The van der Waals surface area contributed by atoms with Gasteiger partial charge in [0.1, 0.15) is 5.76 Å². The fraction of sp³-hybridized carbons (Fsp3) is 0.500. The van der Waals surface area contributed by atoms with E-state index >= 15 is 0 Å². The lowest BCUT2D eigenvalue weighted by molar-refractivity contribution is -0.150. The quantitative estimate of drug-likeness (QED) is 0.741. The van der Waals surface area contributed by atoms with Crippen molar-refractivity contribution in [2.45, 2.75) is 19.4 Å². The number of hydrogen-bond donors (Lipinski definition) is 0. The van der Waals surface area contributed by atoms with Gasteiger partial charge < -0.3 is 14.1 Å². The van der Waals surface area contributed by atoms with E-state index in [0.717, 1.165) is 5.76 Å². The third-order valence-corrected chi connectivity index (χ3v) is 2.96. The molecule has 0 saturated carbocycles. The first-order valence-electron chi connectivity index (χ1n) is 5.58. The summed E-state index contributed by atoms with van der Waals surface area (Å²) in [5, 5.41) is 0. The molecule has 0 aromatic carbocycles. The molecule has 5 heteroatoms. The lowest BCUT2D eigenvalue weighted by atomic mass is 9.97. The zero-order chi connectivity index (χ0) is 12.3. The largest absolute Gasteiger partial charge is 0.469 e. The zero-order valence-electron chi connectivity index (χ0n) is 9.72. The Morgan fingerprint density at radius 1 is 1.65 bits per heavy atom. The monoisotopic (exact) mass is 237 g/mol. The van der Waals surface area contributed by atoms with Gasteiger partial charge in [0.2, 0.25) is 5.91 Å². The number of hydrogen-bond acceptors (Lipinski definition) is 4. The van der Waals surface area contributed by atoms with Crippen LogP contribution in [0.25, 0.3) is 0 Å². The minimum atomic E-state index is -0.248. The minimum absolute atomic E-state index is 0.0570. The molecular weight excluding hydrogens is 222 g/mol. The molecule has 0 N–H and O–H groups in total.